The van der Waals surface area contributed by atoms with Gasteiger partial charge in [0, 0.05) is 18.6 Å². The smallest absolute Gasteiger partial charge is 0.198 e. The lowest BCUT2D eigenvalue weighted by atomic mass is 9.96. The predicted molar refractivity (Wildman–Crippen MR) is 89.4 cm³/mol. The molecule has 0 spiro atoms. The first-order valence-corrected chi connectivity index (χ1v) is 7.60. The van der Waals surface area contributed by atoms with Gasteiger partial charge in [-0.05, 0) is 42.0 Å². The topological polar surface area (TPSA) is 3.88 Å². The van der Waals surface area contributed by atoms with Crippen LogP contribution in [0.4, 0.5) is 0 Å². The fourth-order valence-corrected chi connectivity index (χ4v) is 2.99. The summed E-state index contributed by atoms with van der Waals surface area (Å²) in [5.41, 5.74) is 6.67. The molecule has 1 heterocycles. The zero-order valence-electron chi connectivity index (χ0n) is 13.3. The Labute approximate surface area is 126 Å². The molecule has 0 aliphatic carbocycles. The summed E-state index contributed by atoms with van der Waals surface area (Å²) in [5, 5.41) is 2.63. The third kappa shape index (κ3) is 2.33. The van der Waals surface area contributed by atoms with Crippen LogP contribution in [0.25, 0.3) is 22.0 Å². The Bertz CT molecular complexity index is 815. The van der Waals surface area contributed by atoms with Crippen molar-refractivity contribution in [3.63, 3.8) is 0 Å². The van der Waals surface area contributed by atoms with E-state index in [1.165, 1.54) is 38.9 Å². The van der Waals surface area contributed by atoms with Crippen LogP contribution >= 0.6 is 0 Å². The van der Waals surface area contributed by atoms with Crippen LogP contribution in [0.15, 0.2) is 48.5 Å². The third-order valence-electron chi connectivity index (χ3n) is 4.41. The average Bonchev–Trinajstić information content (AvgIpc) is 2.50. The van der Waals surface area contributed by atoms with Gasteiger partial charge in [-0.1, -0.05) is 37.3 Å². The molecule has 3 rings (SSSR count). The molecule has 0 N–H and O–H groups in total. The van der Waals surface area contributed by atoms with Crippen LogP contribution in [0.1, 0.15) is 23.7 Å². The molecular formula is C20H22N+. The summed E-state index contributed by atoms with van der Waals surface area (Å²) in [6.45, 7) is 6.59. The highest BCUT2D eigenvalue weighted by molar-refractivity contribution is 5.93. The summed E-state index contributed by atoms with van der Waals surface area (Å²) < 4.78 is 2.31. The van der Waals surface area contributed by atoms with Crippen LogP contribution in [-0.4, -0.2) is 0 Å². The molecule has 0 bridgehead atoms. The molecule has 1 heteroatoms. The number of hydrogen-bond acceptors (Lipinski definition) is 0. The zero-order valence-corrected chi connectivity index (χ0v) is 13.3. The third-order valence-corrected chi connectivity index (χ3v) is 4.41. The monoisotopic (exact) mass is 276 g/mol. The number of hydrogen-bond donors (Lipinski definition) is 0. The highest BCUT2D eigenvalue weighted by Gasteiger charge is 2.19. The van der Waals surface area contributed by atoms with Gasteiger partial charge in [-0.25, -0.2) is 0 Å². The van der Waals surface area contributed by atoms with Gasteiger partial charge >= 0.3 is 0 Å². The van der Waals surface area contributed by atoms with E-state index in [1.807, 2.05) is 0 Å². The number of pyridine rings is 1. The molecule has 1 nitrogen and oxygen atoms in total. The van der Waals surface area contributed by atoms with Crippen molar-refractivity contribution in [2.45, 2.75) is 27.2 Å². The molecule has 0 amide bonds. The van der Waals surface area contributed by atoms with Crippen molar-refractivity contribution in [1.29, 1.82) is 0 Å². The van der Waals surface area contributed by atoms with Gasteiger partial charge in [0.05, 0.1) is 5.39 Å². The molecule has 0 saturated heterocycles. The number of rotatable bonds is 2. The van der Waals surface area contributed by atoms with E-state index >= 15 is 0 Å². The normalized spacial score (nSPS) is 11.0. The first-order valence-electron chi connectivity index (χ1n) is 7.60. The Morgan fingerprint density at radius 2 is 1.71 bits per heavy atom. The fraction of sp³-hybridized carbons (Fsp3) is 0.250. The lowest BCUT2D eigenvalue weighted by Crippen LogP contribution is -2.35. The second-order valence-electron chi connectivity index (χ2n) is 5.78. The maximum absolute atomic E-state index is 2.34. The van der Waals surface area contributed by atoms with Gasteiger partial charge in [-0.15, -0.1) is 0 Å². The van der Waals surface area contributed by atoms with Crippen LogP contribution in [-0.2, 0) is 13.5 Å². The van der Waals surface area contributed by atoms with Crippen molar-refractivity contribution < 1.29 is 4.57 Å². The molecule has 1 aromatic heterocycles. The average molecular weight is 276 g/mol. The van der Waals surface area contributed by atoms with E-state index in [-0.39, 0.29) is 0 Å². The number of fused-ring (bicyclic) bond motifs is 1. The van der Waals surface area contributed by atoms with E-state index in [1.54, 1.807) is 0 Å². The molecule has 2 aromatic carbocycles. The lowest BCUT2D eigenvalue weighted by Gasteiger charge is -2.11. The molecule has 0 atom stereocenters. The summed E-state index contributed by atoms with van der Waals surface area (Å²) in [5.74, 6) is 0. The Kier molecular flexibility index (Phi) is 3.50. The number of aromatic nitrogens is 1. The Hall–Kier alpha value is -2.15. The van der Waals surface area contributed by atoms with Gasteiger partial charge in [0.25, 0.3) is 0 Å². The molecule has 0 saturated carbocycles. The van der Waals surface area contributed by atoms with Gasteiger partial charge in [-0.2, -0.15) is 4.57 Å². The first kappa shape index (κ1) is 13.8. The van der Waals surface area contributed by atoms with Crippen LogP contribution in [0.3, 0.4) is 0 Å². The number of benzene rings is 2. The molecule has 106 valence electrons. The molecule has 0 fully saturated rings. The van der Waals surface area contributed by atoms with Crippen molar-refractivity contribution in [3.05, 3.63) is 65.4 Å². The van der Waals surface area contributed by atoms with E-state index in [9.17, 15) is 0 Å². The van der Waals surface area contributed by atoms with Crippen molar-refractivity contribution in [2.75, 3.05) is 0 Å². The minimum absolute atomic E-state index is 1.07. The van der Waals surface area contributed by atoms with Gasteiger partial charge in [-0.3, -0.25) is 0 Å². The second-order valence-corrected chi connectivity index (χ2v) is 5.78. The summed E-state index contributed by atoms with van der Waals surface area (Å²) in [7, 11) is 2.16. The maximum Gasteiger partial charge on any atom is 0.220 e. The SMILES string of the molecule is CCc1ccc(C)c(-c2c3ccccc3cc(C)[n+]2C)c1. The molecule has 0 aliphatic rings. The lowest BCUT2D eigenvalue weighted by molar-refractivity contribution is -0.665. The summed E-state index contributed by atoms with van der Waals surface area (Å²) in [6, 6.07) is 17.7. The Balaban J connectivity index is 2.41. The quantitative estimate of drug-likeness (QED) is 0.606. The minimum atomic E-state index is 1.07. The molecule has 21 heavy (non-hydrogen) atoms. The van der Waals surface area contributed by atoms with Gasteiger partial charge in [0.15, 0.2) is 5.69 Å². The van der Waals surface area contributed by atoms with E-state index in [0.29, 0.717) is 0 Å². The number of aryl methyl sites for hydroxylation is 3. The largest absolute Gasteiger partial charge is 0.220 e. The fourth-order valence-electron chi connectivity index (χ4n) is 2.99. The van der Waals surface area contributed by atoms with Gasteiger partial charge < -0.3 is 0 Å². The Morgan fingerprint density at radius 1 is 0.952 bits per heavy atom. The Morgan fingerprint density at radius 3 is 2.48 bits per heavy atom. The molecule has 3 aromatic rings. The van der Waals surface area contributed by atoms with Crippen molar-refractivity contribution >= 4 is 10.8 Å². The summed E-state index contributed by atoms with van der Waals surface area (Å²) in [4.78, 5) is 0. The van der Waals surface area contributed by atoms with Crippen molar-refractivity contribution in [1.82, 2.24) is 0 Å². The first-order chi connectivity index (χ1) is 10.1. The van der Waals surface area contributed by atoms with Crippen LogP contribution in [0, 0.1) is 13.8 Å². The standard InChI is InChI=1S/C20H22N/c1-5-16-11-10-14(2)19(13-16)20-18-9-7-6-8-17(18)12-15(3)21(20)4/h6-13H,5H2,1-4H3/q+1. The highest BCUT2D eigenvalue weighted by atomic mass is 14.9. The number of nitrogens with zero attached hydrogens (tertiary/aromatic N) is 1. The van der Waals surface area contributed by atoms with E-state index < -0.39 is 0 Å². The molecule has 0 aliphatic heterocycles. The van der Waals surface area contributed by atoms with E-state index in [0.717, 1.165) is 6.42 Å². The highest BCUT2D eigenvalue weighted by Crippen LogP contribution is 2.29. The van der Waals surface area contributed by atoms with Crippen molar-refractivity contribution in [3.8, 4) is 11.3 Å². The predicted octanol–water partition coefficient (Wildman–Crippen LogP) is 4.51. The van der Waals surface area contributed by atoms with Gasteiger partial charge in [0.1, 0.15) is 7.05 Å². The molecule has 0 unspecified atom stereocenters. The minimum Gasteiger partial charge on any atom is -0.198 e. The summed E-state index contributed by atoms with van der Waals surface area (Å²) in [6.07, 6.45) is 1.07. The van der Waals surface area contributed by atoms with E-state index in [2.05, 4.69) is 80.9 Å². The van der Waals surface area contributed by atoms with Gasteiger partial charge in [0.2, 0.25) is 5.69 Å². The molecule has 0 radical (unpaired) electrons. The molecular weight excluding hydrogens is 254 g/mol. The van der Waals surface area contributed by atoms with Crippen LogP contribution < -0.4 is 4.57 Å². The zero-order chi connectivity index (χ0) is 15.0. The maximum atomic E-state index is 2.34. The van der Waals surface area contributed by atoms with Crippen LogP contribution in [0.5, 0.6) is 0 Å². The van der Waals surface area contributed by atoms with Crippen molar-refractivity contribution in [2.24, 2.45) is 7.05 Å². The second kappa shape index (κ2) is 5.33. The van der Waals surface area contributed by atoms with E-state index in [4.69, 9.17) is 0 Å². The summed E-state index contributed by atoms with van der Waals surface area (Å²) >= 11 is 0. The van der Waals surface area contributed by atoms with Crippen LogP contribution in [0.2, 0.25) is 0 Å².